The van der Waals surface area contributed by atoms with E-state index in [1.807, 2.05) is 19.9 Å². The second-order valence-electron chi connectivity index (χ2n) is 12.9. The monoisotopic (exact) mass is 616 g/mol. The summed E-state index contributed by atoms with van der Waals surface area (Å²) in [5.74, 6) is -2.40. The standard InChI is InChI=1S/C33H44O11/c1-6-9-27(35)42-23-16-32-17-40-30(38)29(37)19(2)12-13-39-22(21(4)34)10-7-8-11-28(36)44-24-15-26(43-25(32)14-20(23)3)33(18-41-33)31(24,32)5/h6-11,14,19,21-26,29,34,37H,12-13,15-18H2,1-5H3/b9-6+,10-7-,11-8+/t19-,21-,22+,23-,24+,25+,26+,29-,31+,32+,33-/m0/s1. The highest BCUT2D eigenvalue weighted by Crippen LogP contribution is 2.72. The van der Waals surface area contributed by atoms with Gasteiger partial charge in [0.2, 0.25) is 0 Å². The Morgan fingerprint density at radius 1 is 1.20 bits per heavy atom. The molecular weight excluding hydrogens is 572 g/mol. The van der Waals surface area contributed by atoms with Gasteiger partial charge in [-0.05, 0) is 38.7 Å². The molecule has 3 aliphatic heterocycles. The van der Waals surface area contributed by atoms with Gasteiger partial charge in [-0.1, -0.05) is 44.2 Å². The first kappa shape index (κ1) is 32.6. The van der Waals surface area contributed by atoms with Crippen LogP contribution < -0.4 is 0 Å². The van der Waals surface area contributed by atoms with Crippen molar-refractivity contribution >= 4 is 17.9 Å². The normalized spacial score (nSPS) is 44.8. The summed E-state index contributed by atoms with van der Waals surface area (Å²) in [7, 11) is 0. The number of esters is 3. The quantitative estimate of drug-likeness (QED) is 0.158. The Hall–Kier alpha value is -2.83. The highest BCUT2D eigenvalue weighted by atomic mass is 16.6. The molecule has 2 spiro atoms. The number of epoxide rings is 1. The summed E-state index contributed by atoms with van der Waals surface area (Å²) >= 11 is 0. The van der Waals surface area contributed by atoms with Gasteiger partial charge < -0.3 is 38.6 Å². The van der Waals surface area contributed by atoms with Crippen LogP contribution in [-0.2, 0) is 42.8 Å². The van der Waals surface area contributed by atoms with Gasteiger partial charge in [0.05, 0.1) is 35.7 Å². The topological polar surface area (TPSA) is 150 Å². The highest BCUT2D eigenvalue weighted by molar-refractivity contribution is 5.83. The van der Waals surface area contributed by atoms with E-state index in [9.17, 15) is 24.6 Å². The Bertz CT molecular complexity index is 1250. The molecule has 2 aliphatic carbocycles. The van der Waals surface area contributed by atoms with Crippen LogP contribution >= 0.6 is 0 Å². The molecule has 0 aromatic carbocycles. The second kappa shape index (κ2) is 12.5. The molecule has 11 nitrogen and oxygen atoms in total. The summed E-state index contributed by atoms with van der Waals surface area (Å²) in [5.41, 5.74) is -1.95. The maximum absolute atomic E-state index is 13.3. The van der Waals surface area contributed by atoms with E-state index in [4.69, 9.17) is 28.4 Å². The first-order valence-corrected chi connectivity index (χ1v) is 15.4. The Morgan fingerprint density at radius 3 is 2.64 bits per heavy atom. The molecule has 3 heterocycles. The Morgan fingerprint density at radius 2 is 1.95 bits per heavy atom. The molecule has 11 atom stereocenters. The fourth-order valence-electron chi connectivity index (χ4n) is 7.48. The Labute approximate surface area is 257 Å². The summed E-state index contributed by atoms with van der Waals surface area (Å²) in [6, 6.07) is 0. The largest absolute Gasteiger partial charge is 0.463 e. The Balaban J connectivity index is 1.55. The van der Waals surface area contributed by atoms with Gasteiger partial charge in [-0.25, -0.2) is 14.4 Å². The zero-order valence-corrected chi connectivity index (χ0v) is 26.0. The van der Waals surface area contributed by atoms with Crippen LogP contribution in [0, 0.1) is 16.7 Å². The molecule has 0 radical (unpaired) electrons. The van der Waals surface area contributed by atoms with Gasteiger partial charge in [-0.15, -0.1) is 0 Å². The molecule has 0 aromatic heterocycles. The number of carbonyl (C=O) groups excluding carboxylic acids is 3. The van der Waals surface area contributed by atoms with Crippen molar-refractivity contribution in [3.05, 3.63) is 48.1 Å². The third-order valence-electron chi connectivity index (χ3n) is 10.4. The summed E-state index contributed by atoms with van der Waals surface area (Å²) < 4.78 is 36.5. The fourth-order valence-corrected chi connectivity index (χ4v) is 7.48. The molecule has 0 unspecified atom stereocenters. The number of rotatable bonds is 3. The molecule has 2 bridgehead atoms. The number of allylic oxidation sites excluding steroid dienone is 3. The van der Waals surface area contributed by atoms with Gasteiger partial charge in [-0.3, -0.25) is 0 Å². The molecular formula is C33H44O11. The van der Waals surface area contributed by atoms with Crippen LogP contribution in [0.15, 0.2) is 48.1 Å². The maximum atomic E-state index is 13.3. The van der Waals surface area contributed by atoms with Crippen molar-refractivity contribution in [2.24, 2.45) is 16.7 Å². The number of cyclic esters (lactones) is 1. The third kappa shape index (κ3) is 5.58. The van der Waals surface area contributed by atoms with Crippen LogP contribution in [0.5, 0.6) is 0 Å². The van der Waals surface area contributed by atoms with E-state index in [-0.39, 0.29) is 25.7 Å². The number of hydrogen-bond donors (Lipinski definition) is 2. The highest BCUT2D eigenvalue weighted by Gasteiger charge is 2.83. The number of hydrogen-bond acceptors (Lipinski definition) is 11. The molecule has 2 saturated heterocycles. The van der Waals surface area contributed by atoms with Crippen LogP contribution in [0.2, 0.25) is 0 Å². The minimum absolute atomic E-state index is 0.168. The molecule has 44 heavy (non-hydrogen) atoms. The van der Waals surface area contributed by atoms with Gasteiger partial charge >= 0.3 is 17.9 Å². The predicted molar refractivity (Wildman–Crippen MR) is 156 cm³/mol. The average molecular weight is 617 g/mol. The summed E-state index contributed by atoms with van der Waals surface area (Å²) in [6.07, 6.45) is 6.62. The lowest BCUT2D eigenvalue weighted by molar-refractivity contribution is -0.242. The molecule has 1 saturated carbocycles. The smallest absolute Gasteiger partial charge is 0.335 e. The summed E-state index contributed by atoms with van der Waals surface area (Å²) in [5, 5.41) is 21.0. The van der Waals surface area contributed by atoms with Crippen molar-refractivity contribution in [1.29, 1.82) is 0 Å². The van der Waals surface area contributed by atoms with E-state index in [2.05, 4.69) is 0 Å². The lowest BCUT2D eigenvalue weighted by Crippen LogP contribution is -2.68. The van der Waals surface area contributed by atoms with E-state index in [0.717, 1.165) is 5.57 Å². The molecule has 11 heteroatoms. The van der Waals surface area contributed by atoms with Crippen molar-refractivity contribution in [3.63, 3.8) is 0 Å². The molecule has 242 valence electrons. The number of aliphatic hydroxyl groups excluding tert-OH is 2. The Kier molecular flexibility index (Phi) is 9.26. The van der Waals surface area contributed by atoms with Crippen molar-refractivity contribution in [2.75, 3.05) is 19.8 Å². The summed E-state index contributed by atoms with van der Waals surface area (Å²) in [4.78, 5) is 39.1. The van der Waals surface area contributed by atoms with Crippen molar-refractivity contribution in [1.82, 2.24) is 0 Å². The molecule has 2 N–H and O–H groups in total. The van der Waals surface area contributed by atoms with Crippen LogP contribution in [0.4, 0.5) is 0 Å². The van der Waals surface area contributed by atoms with Crippen molar-refractivity contribution < 1.29 is 53.0 Å². The van der Waals surface area contributed by atoms with Gasteiger partial charge in [0, 0.05) is 31.6 Å². The lowest BCUT2D eigenvalue weighted by atomic mass is 9.51. The first-order valence-electron chi connectivity index (χ1n) is 15.4. The minimum Gasteiger partial charge on any atom is -0.463 e. The van der Waals surface area contributed by atoms with Crippen molar-refractivity contribution in [2.45, 2.75) is 102 Å². The minimum atomic E-state index is -1.44. The average Bonchev–Trinajstić information content (AvgIpc) is 3.75. The van der Waals surface area contributed by atoms with Crippen LogP contribution in [-0.4, -0.2) is 96.3 Å². The van der Waals surface area contributed by atoms with E-state index >= 15 is 0 Å². The summed E-state index contributed by atoms with van der Waals surface area (Å²) in [6.45, 7) is 9.23. The van der Waals surface area contributed by atoms with Crippen LogP contribution in [0.3, 0.4) is 0 Å². The van der Waals surface area contributed by atoms with Crippen molar-refractivity contribution in [3.8, 4) is 0 Å². The molecule has 5 rings (SSSR count). The van der Waals surface area contributed by atoms with Gasteiger partial charge in [0.1, 0.15) is 30.5 Å². The SMILES string of the molecule is C/C=C/C(=O)O[C@H]1C[C@@]23COC(=O)[C@@H](O)[C@@H](C)CCO[C@@H]([C@H](C)O)/C=C\C=C\C(=O)O[C@@H]4C[C@@H](O[C@@H]2C=C1C)[C@@]1(CO1)[C@]43C. The molecule has 3 fully saturated rings. The maximum Gasteiger partial charge on any atom is 0.335 e. The van der Waals surface area contributed by atoms with E-state index in [1.54, 1.807) is 39.0 Å². The number of ether oxygens (including phenoxy) is 6. The van der Waals surface area contributed by atoms with E-state index in [0.29, 0.717) is 19.4 Å². The second-order valence-corrected chi connectivity index (χ2v) is 12.9. The zero-order valence-electron chi connectivity index (χ0n) is 26.0. The number of carbonyl (C=O) groups is 3. The molecule has 0 aromatic rings. The van der Waals surface area contributed by atoms with Crippen LogP contribution in [0.1, 0.15) is 53.9 Å². The van der Waals surface area contributed by atoms with Gasteiger partial charge in [-0.2, -0.15) is 0 Å². The third-order valence-corrected chi connectivity index (χ3v) is 10.4. The van der Waals surface area contributed by atoms with E-state index in [1.165, 1.54) is 18.2 Å². The van der Waals surface area contributed by atoms with Crippen LogP contribution in [0.25, 0.3) is 0 Å². The lowest BCUT2D eigenvalue weighted by Gasteiger charge is -2.59. The predicted octanol–water partition coefficient (Wildman–Crippen LogP) is 2.49. The van der Waals surface area contributed by atoms with Gasteiger partial charge in [0.25, 0.3) is 0 Å². The molecule has 5 aliphatic rings. The zero-order chi connectivity index (χ0) is 31.9. The molecule has 0 amide bonds. The fraction of sp³-hybridized carbons (Fsp3) is 0.667. The van der Waals surface area contributed by atoms with Gasteiger partial charge in [0.15, 0.2) is 6.10 Å². The first-order chi connectivity index (χ1) is 20.9. The van der Waals surface area contributed by atoms with E-state index < -0.39 is 76.9 Å². The number of aliphatic hydroxyl groups is 2.